The molecule has 2 heterocycles. The summed E-state index contributed by atoms with van der Waals surface area (Å²) in [4.78, 5) is 44.4. The average molecular weight is 553 g/mol. The number of fused-ring (bicyclic) bond motifs is 1. The van der Waals surface area contributed by atoms with Crippen molar-refractivity contribution in [3.05, 3.63) is 112 Å². The number of nitrogens with zero attached hydrogens (tertiary/aromatic N) is 3. The van der Waals surface area contributed by atoms with Gasteiger partial charge in [0.2, 0.25) is 0 Å². The summed E-state index contributed by atoms with van der Waals surface area (Å²) in [5, 5.41) is 4.38. The fourth-order valence-electron chi connectivity index (χ4n) is 5.50. The molecule has 8 heteroatoms. The maximum absolute atomic E-state index is 14.3. The smallest absolute Gasteiger partial charge is 0.409 e. The summed E-state index contributed by atoms with van der Waals surface area (Å²) < 4.78 is 6.86. The van der Waals surface area contributed by atoms with Crippen molar-refractivity contribution in [2.45, 2.75) is 32.9 Å². The zero-order valence-electron chi connectivity index (χ0n) is 23.6. The topological polar surface area (TPSA) is 83.9 Å². The van der Waals surface area contributed by atoms with Crippen LogP contribution in [0, 0.1) is 0 Å². The molecule has 1 aliphatic rings. The van der Waals surface area contributed by atoms with Crippen LogP contribution in [0.5, 0.6) is 0 Å². The molecule has 0 radical (unpaired) electrons. The number of ether oxygens (including phenoxy) is 1. The number of pyridine rings is 1. The second-order valence-electron chi connectivity index (χ2n) is 10.2. The number of aromatic nitrogens is 1. The number of hydrogen-bond acceptors (Lipinski definition) is 5. The number of amides is 2. The van der Waals surface area contributed by atoms with Gasteiger partial charge in [0.15, 0.2) is 0 Å². The van der Waals surface area contributed by atoms with Gasteiger partial charge in [-0.05, 0) is 37.1 Å². The van der Waals surface area contributed by atoms with E-state index >= 15 is 0 Å². The van der Waals surface area contributed by atoms with E-state index in [0.29, 0.717) is 67.0 Å². The van der Waals surface area contributed by atoms with E-state index in [4.69, 9.17) is 4.74 Å². The first kappa shape index (κ1) is 28.1. The molecule has 2 amide bonds. The third kappa shape index (κ3) is 6.02. The third-order valence-electron chi connectivity index (χ3n) is 7.62. The van der Waals surface area contributed by atoms with Crippen LogP contribution in [0.15, 0.2) is 89.7 Å². The van der Waals surface area contributed by atoms with Gasteiger partial charge in [-0.1, -0.05) is 73.7 Å². The molecule has 4 aromatic rings. The van der Waals surface area contributed by atoms with Gasteiger partial charge in [-0.3, -0.25) is 19.1 Å². The summed E-state index contributed by atoms with van der Waals surface area (Å²) in [6.45, 7) is 6.75. The molecule has 41 heavy (non-hydrogen) atoms. The van der Waals surface area contributed by atoms with Gasteiger partial charge in [0.25, 0.3) is 11.5 Å². The highest BCUT2D eigenvalue weighted by molar-refractivity contribution is 6.08. The second-order valence-corrected chi connectivity index (χ2v) is 10.2. The van der Waals surface area contributed by atoms with Crippen LogP contribution in [0.4, 0.5) is 4.79 Å². The Balaban J connectivity index is 1.60. The average Bonchev–Trinajstić information content (AvgIpc) is 3.01. The molecule has 1 aliphatic heterocycles. The molecular formula is C33H36N4O4. The van der Waals surface area contributed by atoms with E-state index < -0.39 is 0 Å². The summed E-state index contributed by atoms with van der Waals surface area (Å²) in [5.74, 6) is -0.221. The van der Waals surface area contributed by atoms with Crippen molar-refractivity contribution in [2.24, 2.45) is 0 Å². The first-order valence-corrected chi connectivity index (χ1v) is 14.2. The van der Waals surface area contributed by atoms with Crippen LogP contribution in [-0.2, 0) is 11.3 Å². The van der Waals surface area contributed by atoms with Crippen molar-refractivity contribution >= 4 is 22.8 Å². The first-order chi connectivity index (χ1) is 20.0. The Labute approximate surface area is 240 Å². The van der Waals surface area contributed by atoms with Crippen molar-refractivity contribution in [2.75, 3.05) is 32.8 Å². The van der Waals surface area contributed by atoms with E-state index in [1.807, 2.05) is 85.8 Å². The molecule has 1 unspecified atom stereocenters. The van der Waals surface area contributed by atoms with Gasteiger partial charge < -0.3 is 15.0 Å². The SMILES string of the molecule is CCOC(=O)N1CCN(Cc2c(C(=O)NC(CC)c3ccccc3)c3ccccc3c(=O)n2-c2ccccc2)CC1. The number of hydrogen-bond donors (Lipinski definition) is 1. The molecule has 0 aliphatic carbocycles. The van der Waals surface area contributed by atoms with Crippen LogP contribution in [0.3, 0.4) is 0 Å². The normalized spacial score (nSPS) is 14.5. The molecule has 1 saturated heterocycles. The summed E-state index contributed by atoms with van der Waals surface area (Å²) >= 11 is 0. The van der Waals surface area contributed by atoms with Crippen LogP contribution < -0.4 is 10.9 Å². The molecule has 8 nitrogen and oxygen atoms in total. The molecule has 0 bridgehead atoms. The Hall–Kier alpha value is -4.43. The number of carbonyl (C=O) groups excluding carboxylic acids is 2. The van der Waals surface area contributed by atoms with Crippen molar-refractivity contribution < 1.29 is 14.3 Å². The van der Waals surface area contributed by atoms with E-state index in [0.717, 1.165) is 12.0 Å². The Morgan fingerprint density at radius 3 is 2.07 bits per heavy atom. The minimum absolute atomic E-state index is 0.168. The van der Waals surface area contributed by atoms with Gasteiger partial charge in [-0.2, -0.15) is 0 Å². The fourth-order valence-corrected chi connectivity index (χ4v) is 5.50. The van der Waals surface area contributed by atoms with Crippen molar-refractivity contribution in [1.29, 1.82) is 0 Å². The zero-order chi connectivity index (χ0) is 28.8. The molecule has 5 rings (SSSR count). The van der Waals surface area contributed by atoms with Crippen LogP contribution in [-0.4, -0.2) is 59.2 Å². The van der Waals surface area contributed by atoms with Crippen LogP contribution in [0.2, 0.25) is 0 Å². The number of nitrogens with one attached hydrogen (secondary N) is 1. The predicted octanol–water partition coefficient (Wildman–Crippen LogP) is 5.15. The summed E-state index contributed by atoms with van der Waals surface area (Å²) in [5.41, 5.74) is 2.68. The molecular weight excluding hydrogens is 516 g/mol. The maximum Gasteiger partial charge on any atom is 0.409 e. The maximum atomic E-state index is 14.3. The molecule has 212 valence electrons. The largest absolute Gasteiger partial charge is 0.450 e. The highest BCUT2D eigenvalue weighted by atomic mass is 16.6. The van der Waals surface area contributed by atoms with Gasteiger partial charge in [0.1, 0.15) is 0 Å². The molecule has 0 saturated carbocycles. The van der Waals surface area contributed by atoms with Crippen molar-refractivity contribution in [3.63, 3.8) is 0 Å². The molecule has 0 spiro atoms. The molecule has 3 aromatic carbocycles. The summed E-state index contributed by atoms with van der Waals surface area (Å²) in [7, 11) is 0. The number of piperazine rings is 1. The van der Waals surface area contributed by atoms with Crippen molar-refractivity contribution in [1.82, 2.24) is 19.7 Å². The molecule has 1 aromatic heterocycles. The number of para-hydroxylation sites is 1. The van der Waals surface area contributed by atoms with E-state index in [-0.39, 0.29) is 23.6 Å². The summed E-state index contributed by atoms with van der Waals surface area (Å²) in [6.07, 6.45) is 0.405. The van der Waals surface area contributed by atoms with Gasteiger partial charge in [0, 0.05) is 49.2 Å². The molecule has 1 N–H and O–H groups in total. The lowest BCUT2D eigenvalue weighted by Gasteiger charge is -2.35. The Morgan fingerprint density at radius 1 is 0.829 bits per heavy atom. The quantitative estimate of drug-likeness (QED) is 0.327. The van der Waals surface area contributed by atoms with E-state index in [1.165, 1.54) is 0 Å². The monoisotopic (exact) mass is 552 g/mol. The zero-order valence-corrected chi connectivity index (χ0v) is 23.6. The van der Waals surface area contributed by atoms with Crippen LogP contribution >= 0.6 is 0 Å². The highest BCUT2D eigenvalue weighted by Gasteiger charge is 2.28. The highest BCUT2D eigenvalue weighted by Crippen LogP contribution is 2.26. The summed E-state index contributed by atoms with van der Waals surface area (Å²) in [6, 6.07) is 26.5. The van der Waals surface area contributed by atoms with E-state index in [1.54, 1.807) is 22.5 Å². The van der Waals surface area contributed by atoms with Gasteiger partial charge in [-0.25, -0.2) is 4.79 Å². The minimum Gasteiger partial charge on any atom is -0.450 e. The van der Waals surface area contributed by atoms with Crippen LogP contribution in [0.1, 0.15) is 47.9 Å². The lowest BCUT2D eigenvalue weighted by molar-refractivity contribution is 0.0772. The minimum atomic E-state index is -0.314. The Kier molecular flexibility index (Phi) is 8.79. The van der Waals surface area contributed by atoms with Gasteiger partial charge in [-0.15, -0.1) is 0 Å². The standard InChI is InChI=1S/C33H36N4O4/c1-3-28(24-13-7-5-8-14-24)34-31(38)30-26-17-11-12-18-27(26)32(39)37(25-15-9-6-10-16-25)29(30)23-35-19-21-36(22-20-35)33(40)41-4-2/h5-18,28H,3-4,19-23H2,1-2H3,(H,34,38). The second kappa shape index (κ2) is 12.8. The predicted molar refractivity (Wildman–Crippen MR) is 160 cm³/mol. The lowest BCUT2D eigenvalue weighted by atomic mass is 9.99. The van der Waals surface area contributed by atoms with E-state index in [2.05, 4.69) is 10.2 Å². The Bertz CT molecular complexity index is 1560. The lowest BCUT2D eigenvalue weighted by Crippen LogP contribution is -2.49. The number of carbonyl (C=O) groups is 2. The third-order valence-corrected chi connectivity index (χ3v) is 7.62. The van der Waals surface area contributed by atoms with Gasteiger partial charge >= 0.3 is 6.09 Å². The molecule has 1 atom stereocenters. The number of rotatable bonds is 8. The van der Waals surface area contributed by atoms with Crippen LogP contribution in [0.25, 0.3) is 16.5 Å². The van der Waals surface area contributed by atoms with Crippen molar-refractivity contribution in [3.8, 4) is 5.69 Å². The molecule has 1 fully saturated rings. The first-order valence-electron chi connectivity index (χ1n) is 14.2. The fraction of sp³-hybridized carbons (Fsp3) is 0.303. The number of benzene rings is 3. The Morgan fingerprint density at radius 2 is 1.44 bits per heavy atom. The van der Waals surface area contributed by atoms with E-state index in [9.17, 15) is 14.4 Å². The van der Waals surface area contributed by atoms with Gasteiger partial charge in [0.05, 0.1) is 23.9 Å².